The molecule has 244 valence electrons. The molecule has 16 nitrogen and oxygen atoms in total. The molecule has 4 amide bonds. The van der Waals surface area contributed by atoms with E-state index in [1.165, 1.54) is 27.7 Å². The molecular weight excluding hydrogens is 616 g/mol. The molecule has 4 aliphatic heterocycles. The highest BCUT2D eigenvalue weighted by Crippen LogP contribution is 2.51. The zero-order valence-electron chi connectivity index (χ0n) is 25.4. The number of carboxylic acid groups (broad SMARTS) is 1. The number of rotatable bonds is 10. The Bertz CT molecular complexity index is 1560. The standard InChI is InChI=1S/C29H36N10O6S/c1-15-23-22(16(2)33-21(40)13-38-14-32-35-36-38)28(43)39(23)24(29(44)45)25(15)46-19-11-20(31-12-19)26(41)34-18-5-3-4-17(10-18)27(42)37-8-6-30-7-9-37/h3-5,10,14-16,19-20,22-23,30-31H,6-9,11-13H2,1-2H3,(H,33,40)(H,34,41)(H,44,45)/t15-,16-,19+,20?,22-,23-/m1/s1. The van der Waals surface area contributed by atoms with Crippen LogP contribution in [0.3, 0.4) is 0 Å². The van der Waals surface area contributed by atoms with E-state index in [2.05, 4.69) is 36.8 Å². The Morgan fingerprint density at radius 2 is 1.98 bits per heavy atom. The van der Waals surface area contributed by atoms with Crippen molar-refractivity contribution in [2.24, 2.45) is 11.8 Å². The number of piperazine rings is 1. The van der Waals surface area contributed by atoms with E-state index in [4.69, 9.17) is 0 Å². The van der Waals surface area contributed by atoms with Gasteiger partial charge in [-0.25, -0.2) is 9.48 Å². The van der Waals surface area contributed by atoms with Gasteiger partial charge in [-0.3, -0.25) is 19.2 Å². The monoisotopic (exact) mass is 652 g/mol. The molecule has 46 heavy (non-hydrogen) atoms. The van der Waals surface area contributed by atoms with Gasteiger partial charge in [-0.05, 0) is 42.0 Å². The summed E-state index contributed by atoms with van der Waals surface area (Å²) in [4.78, 5) is 67.9. The number of carbonyl (C=O) groups is 5. The number of hydrogen-bond acceptors (Lipinski definition) is 11. The van der Waals surface area contributed by atoms with Crippen LogP contribution < -0.4 is 21.3 Å². The number of hydrogen-bond donors (Lipinski definition) is 5. The maximum Gasteiger partial charge on any atom is 0.353 e. The van der Waals surface area contributed by atoms with Crippen LogP contribution in [-0.2, 0) is 25.7 Å². The van der Waals surface area contributed by atoms with Gasteiger partial charge in [0.15, 0.2) is 0 Å². The second-order valence-electron chi connectivity index (χ2n) is 11.9. The Hall–Kier alpha value is -4.35. The average molecular weight is 653 g/mol. The van der Waals surface area contributed by atoms with Crippen LogP contribution in [0.2, 0.25) is 0 Å². The van der Waals surface area contributed by atoms with Crippen LogP contribution in [0.1, 0.15) is 30.6 Å². The number of nitrogens with zero attached hydrogens (tertiary/aromatic N) is 6. The highest BCUT2D eigenvalue weighted by Gasteiger charge is 2.60. The summed E-state index contributed by atoms with van der Waals surface area (Å²) in [5.41, 5.74) is 1.00. The van der Waals surface area contributed by atoms with Crippen LogP contribution in [-0.4, -0.2) is 121 Å². The minimum absolute atomic E-state index is 0.0326. The van der Waals surface area contributed by atoms with Gasteiger partial charge in [-0.1, -0.05) is 13.0 Å². The van der Waals surface area contributed by atoms with E-state index in [1.807, 2.05) is 6.92 Å². The number of carboxylic acids is 1. The van der Waals surface area contributed by atoms with Gasteiger partial charge in [-0.2, -0.15) is 0 Å². The van der Waals surface area contributed by atoms with Crippen LogP contribution in [0, 0.1) is 11.8 Å². The van der Waals surface area contributed by atoms with Crippen LogP contribution in [0.4, 0.5) is 5.69 Å². The lowest BCUT2D eigenvalue weighted by Gasteiger charge is -2.47. The van der Waals surface area contributed by atoms with E-state index >= 15 is 0 Å². The van der Waals surface area contributed by atoms with Gasteiger partial charge in [-0.15, -0.1) is 16.9 Å². The summed E-state index contributed by atoms with van der Waals surface area (Å²) in [5.74, 6) is -3.08. The summed E-state index contributed by atoms with van der Waals surface area (Å²) in [6.07, 6.45) is 1.76. The Morgan fingerprint density at radius 1 is 1.20 bits per heavy atom. The summed E-state index contributed by atoms with van der Waals surface area (Å²) < 4.78 is 1.27. The smallest absolute Gasteiger partial charge is 0.353 e. The number of aliphatic carboxylic acids is 1. The number of thioether (sulfide) groups is 1. The number of amides is 4. The van der Waals surface area contributed by atoms with E-state index in [-0.39, 0.29) is 47.0 Å². The maximum atomic E-state index is 13.2. The summed E-state index contributed by atoms with van der Waals surface area (Å²) in [6, 6.07) is 5.44. The van der Waals surface area contributed by atoms with Crippen molar-refractivity contribution < 1.29 is 29.1 Å². The van der Waals surface area contributed by atoms with Gasteiger partial charge in [0.25, 0.3) is 5.91 Å². The maximum absolute atomic E-state index is 13.2. The molecule has 0 aliphatic carbocycles. The highest BCUT2D eigenvalue weighted by molar-refractivity contribution is 8.03. The highest BCUT2D eigenvalue weighted by atomic mass is 32.2. The molecule has 0 radical (unpaired) electrons. The van der Waals surface area contributed by atoms with Gasteiger partial charge in [0.05, 0.1) is 18.0 Å². The van der Waals surface area contributed by atoms with Crippen molar-refractivity contribution in [2.45, 2.75) is 50.2 Å². The largest absolute Gasteiger partial charge is 0.477 e. The Morgan fingerprint density at radius 3 is 2.70 bits per heavy atom. The first-order chi connectivity index (χ1) is 22.1. The number of β-lactam (4-membered cyclic amide) rings is 1. The van der Waals surface area contributed by atoms with Crippen molar-refractivity contribution in [1.82, 2.24) is 46.0 Å². The van der Waals surface area contributed by atoms with Crippen molar-refractivity contribution in [1.29, 1.82) is 0 Å². The lowest BCUT2D eigenvalue weighted by molar-refractivity contribution is -0.158. The topological polar surface area (TPSA) is 204 Å². The quantitative estimate of drug-likeness (QED) is 0.198. The van der Waals surface area contributed by atoms with Crippen molar-refractivity contribution >= 4 is 47.0 Å². The van der Waals surface area contributed by atoms with E-state index in [0.29, 0.717) is 42.2 Å². The molecule has 2 aromatic rings. The number of benzene rings is 1. The Labute approximate surface area is 268 Å². The zero-order valence-corrected chi connectivity index (χ0v) is 26.2. The summed E-state index contributed by atoms with van der Waals surface area (Å²) in [7, 11) is 0. The SMILES string of the molecule is C[C@@H](NC(=O)Cn1cnnn1)[C@H]1C(=O)N2C(C(=O)O)=C(S[C@@H]3CNC(C(=O)Nc4cccc(C(=O)N5CCNCC5)c4)C3)[C@H](C)[C@H]12. The molecule has 0 spiro atoms. The van der Waals surface area contributed by atoms with E-state index < -0.39 is 30.0 Å². The fourth-order valence-corrected chi connectivity index (χ4v) is 8.15. The third-order valence-corrected chi connectivity index (χ3v) is 10.4. The lowest BCUT2D eigenvalue weighted by Crippen LogP contribution is -2.66. The van der Waals surface area contributed by atoms with Gasteiger partial charge >= 0.3 is 5.97 Å². The van der Waals surface area contributed by atoms with Crippen LogP contribution in [0.5, 0.6) is 0 Å². The molecule has 1 aromatic heterocycles. The number of carbonyl (C=O) groups excluding carboxylic acids is 4. The number of aromatic nitrogens is 4. The van der Waals surface area contributed by atoms with E-state index in [0.717, 1.165) is 13.1 Å². The molecule has 0 bridgehead atoms. The fourth-order valence-electron chi connectivity index (χ4n) is 6.67. The first kappa shape index (κ1) is 31.6. The molecule has 3 saturated heterocycles. The van der Waals surface area contributed by atoms with Gasteiger partial charge in [0.1, 0.15) is 18.6 Å². The van der Waals surface area contributed by atoms with Crippen molar-refractivity contribution in [2.75, 3.05) is 38.0 Å². The number of fused-ring (bicyclic) bond motifs is 1. The molecule has 4 aliphatic rings. The fraction of sp³-hybridized carbons (Fsp3) is 0.517. The average Bonchev–Trinajstić information content (AvgIpc) is 3.77. The first-order valence-electron chi connectivity index (χ1n) is 15.2. The van der Waals surface area contributed by atoms with Crippen LogP contribution >= 0.6 is 11.8 Å². The molecule has 17 heteroatoms. The van der Waals surface area contributed by atoms with Crippen molar-refractivity contribution in [3.63, 3.8) is 0 Å². The van der Waals surface area contributed by atoms with Gasteiger partial charge < -0.3 is 36.2 Å². The molecule has 0 saturated carbocycles. The van der Waals surface area contributed by atoms with Crippen LogP contribution in [0.25, 0.3) is 0 Å². The normalized spacial score (nSPS) is 26.4. The molecule has 5 heterocycles. The summed E-state index contributed by atoms with van der Waals surface area (Å²) in [6.45, 7) is 6.74. The number of anilines is 1. The van der Waals surface area contributed by atoms with Gasteiger partial charge in [0.2, 0.25) is 17.7 Å². The molecule has 3 fully saturated rings. The zero-order chi connectivity index (χ0) is 32.5. The lowest BCUT2D eigenvalue weighted by atomic mass is 9.78. The molecule has 1 aromatic carbocycles. The second-order valence-corrected chi connectivity index (χ2v) is 13.3. The second kappa shape index (κ2) is 13.2. The minimum Gasteiger partial charge on any atom is -0.477 e. The molecule has 6 rings (SSSR count). The predicted octanol–water partition coefficient (Wildman–Crippen LogP) is -0.901. The van der Waals surface area contributed by atoms with Gasteiger partial charge in [0, 0.05) is 66.1 Å². The summed E-state index contributed by atoms with van der Waals surface area (Å²) in [5, 5.41) is 32.9. The Kier molecular flexibility index (Phi) is 9.06. The van der Waals surface area contributed by atoms with Crippen molar-refractivity contribution in [3.05, 3.63) is 46.8 Å². The summed E-state index contributed by atoms with van der Waals surface area (Å²) >= 11 is 1.38. The third-order valence-electron chi connectivity index (χ3n) is 8.90. The molecule has 6 atom stereocenters. The third kappa shape index (κ3) is 6.21. The predicted molar refractivity (Wildman–Crippen MR) is 165 cm³/mol. The molecule has 5 N–H and O–H groups in total. The minimum atomic E-state index is -1.19. The number of tetrazole rings is 1. The van der Waals surface area contributed by atoms with Crippen molar-refractivity contribution in [3.8, 4) is 0 Å². The molecular formula is C29H36N10O6S. The van der Waals surface area contributed by atoms with Crippen LogP contribution in [0.15, 0.2) is 41.2 Å². The van der Waals surface area contributed by atoms with E-state index in [9.17, 15) is 29.1 Å². The molecule has 1 unspecified atom stereocenters. The van der Waals surface area contributed by atoms with E-state index in [1.54, 1.807) is 36.1 Å². The number of nitrogens with one attached hydrogen (secondary N) is 4. The first-order valence-corrected chi connectivity index (χ1v) is 16.1. The Balaban J connectivity index is 1.06.